The summed E-state index contributed by atoms with van der Waals surface area (Å²) < 4.78 is 15.3. The van der Waals surface area contributed by atoms with Gasteiger partial charge in [-0.3, -0.25) is 14.3 Å². The van der Waals surface area contributed by atoms with E-state index in [1.54, 1.807) is 12.2 Å². The van der Waals surface area contributed by atoms with E-state index in [9.17, 15) is 14.0 Å². The highest BCUT2D eigenvalue weighted by Crippen LogP contribution is 2.32. The first-order valence-corrected chi connectivity index (χ1v) is 8.96. The summed E-state index contributed by atoms with van der Waals surface area (Å²) >= 11 is 5.94. The zero-order valence-corrected chi connectivity index (χ0v) is 15.9. The number of nitrogens with one attached hydrogen (secondary N) is 1. The van der Waals surface area contributed by atoms with Crippen LogP contribution >= 0.6 is 11.6 Å². The van der Waals surface area contributed by atoms with Crippen LogP contribution in [0.4, 0.5) is 4.39 Å². The monoisotopic (exact) mass is 399 g/mol. The summed E-state index contributed by atoms with van der Waals surface area (Å²) in [6.45, 7) is 5.51. The van der Waals surface area contributed by atoms with Crippen molar-refractivity contribution in [3.8, 4) is 0 Å². The number of aromatic amines is 1. The molecule has 0 aliphatic heterocycles. The van der Waals surface area contributed by atoms with Gasteiger partial charge in [0.1, 0.15) is 5.82 Å². The number of H-pyrrole nitrogens is 1. The van der Waals surface area contributed by atoms with Gasteiger partial charge in [-0.05, 0) is 30.2 Å². The minimum absolute atomic E-state index is 0.0122. The Kier molecular flexibility index (Phi) is 5.63. The molecule has 0 radical (unpaired) electrons. The van der Waals surface area contributed by atoms with Crippen LogP contribution in [0.15, 0.2) is 76.4 Å². The highest BCUT2D eigenvalue weighted by atomic mass is 35.5. The van der Waals surface area contributed by atoms with E-state index in [1.807, 2.05) is 37.3 Å². The zero-order chi connectivity index (χ0) is 20.4. The zero-order valence-electron chi connectivity index (χ0n) is 15.2. The van der Waals surface area contributed by atoms with Gasteiger partial charge in [-0.1, -0.05) is 60.7 Å². The Hall–Kier alpha value is -2.96. The van der Waals surface area contributed by atoms with Crippen molar-refractivity contribution in [2.45, 2.75) is 19.0 Å². The number of hydrogen-bond donors (Lipinski definition) is 2. The molecule has 3 aromatic rings. The van der Waals surface area contributed by atoms with Crippen LogP contribution in [0.1, 0.15) is 24.6 Å². The fraction of sp³-hybridized carbons (Fsp3) is 0.143. The number of allylic oxidation sites excluding steroid dienone is 2. The summed E-state index contributed by atoms with van der Waals surface area (Å²) in [6, 6.07) is 10.3. The third-order valence-corrected chi connectivity index (χ3v) is 4.92. The smallest absolute Gasteiger partial charge is 0.322 e. The molecule has 0 aliphatic carbocycles. The Morgan fingerprint density at radius 3 is 2.61 bits per heavy atom. The van der Waals surface area contributed by atoms with Crippen LogP contribution < -0.4 is 17.0 Å². The first kappa shape index (κ1) is 19.8. The molecule has 0 amide bonds. The first-order valence-electron chi connectivity index (χ1n) is 8.58. The molecule has 28 heavy (non-hydrogen) atoms. The standard InChI is InChI=1S/C21H19ClFN3O2/c1-3-7-12(2)19(18(24)13-8-5-4-6-9-13)26-17-11-15(22)16(23)10-14(17)20(27)25-21(26)28/h3-11,18-19H,1,24H2,2H3,(H,25,27,28)/b12-7-/t18-,19?/m0/s1. The highest BCUT2D eigenvalue weighted by Gasteiger charge is 2.26. The number of rotatable bonds is 5. The van der Waals surface area contributed by atoms with Crippen LogP contribution in [-0.4, -0.2) is 9.55 Å². The number of aromatic nitrogens is 2. The van der Waals surface area contributed by atoms with Crippen LogP contribution in [0.3, 0.4) is 0 Å². The molecule has 0 fully saturated rings. The van der Waals surface area contributed by atoms with E-state index in [0.29, 0.717) is 0 Å². The van der Waals surface area contributed by atoms with E-state index in [-0.39, 0.29) is 15.9 Å². The Morgan fingerprint density at radius 1 is 1.29 bits per heavy atom. The molecule has 2 aromatic carbocycles. The van der Waals surface area contributed by atoms with Gasteiger partial charge in [0, 0.05) is 0 Å². The van der Waals surface area contributed by atoms with Crippen LogP contribution in [0.2, 0.25) is 5.02 Å². The van der Waals surface area contributed by atoms with E-state index < -0.39 is 29.1 Å². The van der Waals surface area contributed by atoms with Gasteiger partial charge < -0.3 is 5.73 Å². The van der Waals surface area contributed by atoms with Crippen LogP contribution in [-0.2, 0) is 0 Å². The van der Waals surface area contributed by atoms with Crippen LogP contribution in [0.5, 0.6) is 0 Å². The van der Waals surface area contributed by atoms with Gasteiger partial charge in [0.2, 0.25) is 0 Å². The molecule has 0 saturated heterocycles. The molecule has 0 spiro atoms. The van der Waals surface area contributed by atoms with Gasteiger partial charge in [-0.15, -0.1) is 0 Å². The summed E-state index contributed by atoms with van der Waals surface area (Å²) in [4.78, 5) is 27.3. The minimum Gasteiger partial charge on any atom is -0.322 e. The maximum Gasteiger partial charge on any atom is 0.329 e. The summed E-state index contributed by atoms with van der Waals surface area (Å²) in [6.07, 6.45) is 3.33. The third-order valence-electron chi connectivity index (χ3n) is 4.63. The summed E-state index contributed by atoms with van der Waals surface area (Å²) in [5, 5.41) is -0.179. The van der Waals surface area contributed by atoms with E-state index in [0.717, 1.165) is 17.2 Å². The molecule has 3 N–H and O–H groups in total. The summed E-state index contributed by atoms with van der Waals surface area (Å²) in [5.74, 6) is -0.743. The van der Waals surface area contributed by atoms with Crippen molar-refractivity contribution < 1.29 is 4.39 Å². The number of benzene rings is 2. The average Bonchev–Trinajstić information content (AvgIpc) is 2.67. The molecule has 0 bridgehead atoms. The number of hydrogen-bond acceptors (Lipinski definition) is 3. The normalized spacial score (nSPS) is 14.1. The van der Waals surface area contributed by atoms with E-state index in [4.69, 9.17) is 17.3 Å². The molecule has 1 unspecified atom stereocenters. The second-order valence-electron chi connectivity index (χ2n) is 6.44. The highest BCUT2D eigenvalue weighted by molar-refractivity contribution is 6.31. The Labute approximate surface area is 165 Å². The number of fused-ring (bicyclic) bond motifs is 1. The largest absolute Gasteiger partial charge is 0.329 e. The number of nitrogens with zero attached hydrogens (tertiary/aromatic N) is 1. The Bertz CT molecular complexity index is 1180. The molecule has 1 aromatic heterocycles. The maximum absolute atomic E-state index is 13.9. The summed E-state index contributed by atoms with van der Waals surface area (Å²) in [5.41, 5.74) is 6.92. The predicted octanol–water partition coefficient (Wildman–Crippen LogP) is 3.86. The molecule has 7 heteroatoms. The van der Waals surface area contributed by atoms with Gasteiger partial charge >= 0.3 is 5.69 Å². The van der Waals surface area contributed by atoms with Crippen molar-refractivity contribution in [3.63, 3.8) is 0 Å². The second kappa shape index (κ2) is 7.96. The van der Waals surface area contributed by atoms with Gasteiger partial charge in [-0.25, -0.2) is 9.18 Å². The molecule has 2 atom stereocenters. The van der Waals surface area contributed by atoms with Crippen molar-refractivity contribution in [1.29, 1.82) is 0 Å². The second-order valence-corrected chi connectivity index (χ2v) is 6.85. The lowest BCUT2D eigenvalue weighted by Crippen LogP contribution is -2.37. The lowest BCUT2D eigenvalue weighted by molar-refractivity contribution is 0.468. The quantitative estimate of drug-likeness (QED) is 0.639. The topological polar surface area (TPSA) is 80.9 Å². The van der Waals surface area contributed by atoms with Crippen LogP contribution in [0.25, 0.3) is 10.9 Å². The Morgan fingerprint density at radius 2 is 1.96 bits per heavy atom. The maximum atomic E-state index is 13.9. The van der Waals surface area contributed by atoms with E-state index in [2.05, 4.69) is 11.6 Å². The SMILES string of the molecule is C=C/C=C(/C)C([C@@H](N)c1ccccc1)n1c(=O)[nH]c(=O)c2cc(F)c(Cl)cc21. The van der Waals surface area contributed by atoms with Crippen molar-refractivity contribution in [3.05, 3.63) is 104 Å². The van der Waals surface area contributed by atoms with E-state index in [1.165, 1.54) is 10.6 Å². The fourth-order valence-corrected chi connectivity index (χ4v) is 3.48. The molecule has 0 aliphatic rings. The fourth-order valence-electron chi connectivity index (χ4n) is 3.32. The van der Waals surface area contributed by atoms with Gasteiger partial charge in [-0.2, -0.15) is 0 Å². The van der Waals surface area contributed by atoms with E-state index >= 15 is 0 Å². The van der Waals surface area contributed by atoms with Crippen molar-refractivity contribution >= 4 is 22.5 Å². The molecule has 5 nitrogen and oxygen atoms in total. The average molecular weight is 400 g/mol. The molecule has 3 rings (SSSR count). The lowest BCUT2D eigenvalue weighted by atomic mass is 9.93. The molecule has 0 saturated carbocycles. The third kappa shape index (κ3) is 3.56. The predicted molar refractivity (Wildman–Crippen MR) is 110 cm³/mol. The van der Waals surface area contributed by atoms with Crippen LogP contribution in [0, 0.1) is 5.82 Å². The number of nitrogens with two attached hydrogens (primary N) is 1. The molecule has 1 heterocycles. The minimum atomic E-state index is -0.743. The van der Waals surface area contributed by atoms with Gasteiger partial charge in [0.05, 0.1) is 28.0 Å². The first-order chi connectivity index (χ1) is 13.3. The number of halogens is 2. The van der Waals surface area contributed by atoms with Crippen molar-refractivity contribution in [2.75, 3.05) is 0 Å². The van der Waals surface area contributed by atoms with Gasteiger partial charge in [0.15, 0.2) is 0 Å². The summed E-state index contributed by atoms with van der Waals surface area (Å²) in [7, 11) is 0. The molecular weight excluding hydrogens is 381 g/mol. The molecular formula is C21H19ClFN3O2. The molecule has 144 valence electrons. The van der Waals surface area contributed by atoms with Gasteiger partial charge in [0.25, 0.3) is 5.56 Å². The van der Waals surface area contributed by atoms with Crippen molar-refractivity contribution in [1.82, 2.24) is 9.55 Å². The van der Waals surface area contributed by atoms with Crippen molar-refractivity contribution in [2.24, 2.45) is 5.73 Å². The lowest BCUT2D eigenvalue weighted by Gasteiger charge is -2.28. The Balaban J connectivity index is 2.38.